The van der Waals surface area contributed by atoms with E-state index < -0.39 is 5.82 Å². The number of hydrogen-bond donors (Lipinski definition) is 1. The molecule has 1 aliphatic heterocycles. The molecule has 0 radical (unpaired) electrons. The molecule has 2 aromatic rings. The van der Waals surface area contributed by atoms with Crippen LogP contribution in [0.25, 0.3) is 0 Å². The van der Waals surface area contributed by atoms with Gasteiger partial charge in [0.25, 0.3) is 5.91 Å². The Bertz CT molecular complexity index is 820. The van der Waals surface area contributed by atoms with Gasteiger partial charge in [0.05, 0.1) is 6.54 Å². The lowest BCUT2D eigenvalue weighted by molar-refractivity contribution is 0.0793. The first-order valence-electron chi connectivity index (χ1n) is 9.33. The highest BCUT2D eigenvalue weighted by molar-refractivity contribution is 5.95. The van der Waals surface area contributed by atoms with Crippen LogP contribution in [0.3, 0.4) is 0 Å². The van der Waals surface area contributed by atoms with Crippen molar-refractivity contribution in [1.82, 2.24) is 9.80 Å². The van der Waals surface area contributed by atoms with Gasteiger partial charge in [0.1, 0.15) is 6.61 Å². The van der Waals surface area contributed by atoms with Crippen molar-refractivity contribution in [2.75, 3.05) is 38.6 Å². The zero-order valence-electron chi connectivity index (χ0n) is 15.9. The lowest BCUT2D eigenvalue weighted by atomic mass is 10.2. The molecule has 2 aromatic carbocycles. The van der Waals surface area contributed by atoms with Crippen molar-refractivity contribution < 1.29 is 18.7 Å². The van der Waals surface area contributed by atoms with Crippen LogP contribution in [0.15, 0.2) is 48.5 Å². The van der Waals surface area contributed by atoms with E-state index in [4.69, 9.17) is 4.74 Å². The number of urea groups is 1. The van der Waals surface area contributed by atoms with E-state index in [1.807, 2.05) is 4.90 Å². The molecule has 28 heavy (non-hydrogen) atoms. The van der Waals surface area contributed by atoms with Gasteiger partial charge in [0.15, 0.2) is 11.6 Å². The van der Waals surface area contributed by atoms with Crippen LogP contribution in [0.5, 0.6) is 5.75 Å². The summed E-state index contributed by atoms with van der Waals surface area (Å²) in [7, 11) is 1.63. The van der Waals surface area contributed by atoms with E-state index >= 15 is 0 Å². The van der Waals surface area contributed by atoms with Gasteiger partial charge in [0.2, 0.25) is 0 Å². The largest absolute Gasteiger partial charge is 0.489 e. The number of carbonyl (C=O) groups excluding carboxylic acids is 2. The molecule has 1 heterocycles. The third-order valence-corrected chi connectivity index (χ3v) is 4.64. The number of likely N-dealkylation sites (N-methyl/N-ethyl adjacent to an activating group) is 1. The van der Waals surface area contributed by atoms with Crippen LogP contribution < -0.4 is 10.1 Å². The van der Waals surface area contributed by atoms with Crippen LogP contribution in [-0.2, 0) is 0 Å². The van der Waals surface area contributed by atoms with Gasteiger partial charge in [-0.1, -0.05) is 12.1 Å². The van der Waals surface area contributed by atoms with Crippen LogP contribution in [0.1, 0.15) is 23.2 Å². The third kappa shape index (κ3) is 5.00. The molecule has 3 rings (SSSR count). The van der Waals surface area contributed by atoms with E-state index in [1.54, 1.807) is 49.5 Å². The van der Waals surface area contributed by atoms with Crippen molar-refractivity contribution in [1.29, 1.82) is 0 Å². The Morgan fingerprint density at radius 1 is 1.11 bits per heavy atom. The second-order valence-electron chi connectivity index (χ2n) is 6.71. The Hall–Kier alpha value is -3.09. The van der Waals surface area contributed by atoms with Gasteiger partial charge in [-0.05, 0) is 49.2 Å². The van der Waals surface area contributed by atoms with E-state index in [-0.39, 0.29) is 24.3 Å². The Labute approximate surface area is 163 Å². The molecule has 0 aromatic heterocycles. The van der Waals surface area contributed by atoms with Crippen molar-refractivity contribution in [3.05, 3.63) is 59.9 Å². The molecule has 1 N–H and O–H groups in total. The second-order valence-corrected chi connectivity index (χ2v) is 6.71. The van der Waals surface area contributed by atoms with Gasteiger partial charge in [-0.25, -0.2) is 9.18 Å². The van der Waals surface area contributed by atoms with E-state index in [0.717, 1.165) is 25.9 Å². The predicted molar refractivity (Wildman–Crippen MR) is 105 cm³/mol. The number of rotatable bonds is 6. The van der Waals surface area contributed by atoms with Crippen LogP contribution in [-0.4, -0.2) is 55.0 Å². The molecule has 3 amide bonds. The van der Waals surface area contributed by atoms with Gasteiger partial charge in [-0.3, -0.25) is 4.79 Å². The van der Waals surface area contributed by atoms with Crippen LogP contribution >= 0.6 is 0 Å². The number of likely N-dealkylation sites (tertiary alicyclic amines) is 1. The Morgan fingerprint density at radius 3 is 2.46 bits per heavy atom. The molecular weight excluding hydrogens is 361 g/mol. The van der Waals surface area contributed by atoms with E-state index in [2.05, 4.69) is 5.32 Å². The zero-order chi connectivity index (χ0) is 19.9. The minimum atomic E-state index is -0.432. The number of ether oxygens (including phenoxy) is 1. The molecule has 1 aliphatic rings. The standard InChI is InChI=1S/C21H24FN3O3/c1-24(14-15-28-19-7-3-2-6-18(19)22)21(27)23-17-10-8-16(9-11-17)20(26)25-12-4-5-13-25/h2-3,6-11H,4-5,12-15H2,1H3,(H,23,27). The van der Waals surface area contributed by atoms with E-state index in [0.29, 0.717) is 17.8 Å². The highest BCUT2D eigenvalue weighted by Gasteiger charge is 2.19. The molecular formula is C21H24FN3O3. The van der Waals surface area contributed by atoms with Gasteiger partial charge in [0, 0.05) is 31.4 Å². The number of hydrogen-bond acceptors (Lipinski definition) is 3. The molecule has 1 saturated heterocycles. The number of carbonyl (C=O) groups is 2. The van der Waals surface area contributed by atoms with Crippen molar-refractivity contribution in [2.24, 2.45) is 0 Å². The first-order chi connectivity index (χ1) is 13.5. The topological polar surface area (TPSA) is 61.9 Å². The SMILES string of the molecule is CN(CCOc1ccccc1F)C(=O)Nc1ccc(C(=O)N2CCCC2)cc1. The molecule has 1 fully saturated rings. The summed E-state index contributed by atoms with van der Waals surface area (Å²) in [6, 6.07) is 12.7. The summed E-state index contributed by atoms with van der Waals surface area (Å²) in [6.45, 7) is 2.08. The molecule has 7 heteroatoms. The number of nitrogens with zero attached hydrogens (tertiary/aromatic N) is 2. The number of amides is 3. The van der Waals surface area contributed by atoms with Gasteiger partial charge in [-0.2, -0.15) is 0 Å². The lowest BCUT2D eigenvalue weighted by Crippen LogP contribution is -2.34. The first kappa shape index (κ1) is 19.7. The highest BCUT2D eigenvalue weighted by atomic mass is 19.1. The molecule has 0 bridgehead atoms. The van der Waals surface area contributed by atoms with Gasteiger partial charge in [-0.15, -0.1) is 0 Å². The average Bonchev–Trinajstić information content (AvgIpc) is 3.24. The van der Waals surface area contributed by atoms with Crippen molar-refractivity contribution in [3.63, 3.8) is 0 Å². The lowest BCUT2D eigenvalue weighted by Gasteiger charge is -2.19. The Kier molecular flexibility index (Phi) is 6.47. The van der Waals surface area contributed by atoms with E-state index in [1.165, 1.54) is 11.0 Å². The Morgan fingerprint density at radius 2 is 1.79 bits per heavy atom. The molecule has 0 saturated carbocycles. The molecule has 6 nitrogen and oxygen atoms in total. The quantitative estimate of drug-likeness (QED) is 0.826. The fourth-order valence-corrected chi connectivity index (χ4v) is 2.97. The number of anilines is 1. The number of halogens is 1. The minimum Gasteiger partial charge on any atom is -0.489 e. The van der Waals surface area contributed by atoms with Crippen molar-refractivity contribution >= 4 is 17.6 Å². The summed E-state index contributed by atoms with van der Waals surface area (Å²) < 4.78 is 18.9. The summed E-state index contributed by atoms with van der Waals surface area (Å²) in [4.78, 5) is 27.9. The van der Waals surface area contributed by atoms with Crippen LogP contribution in [0, 0.1) is 5.82 Å². The molecule has 0 atom stereocenters. The Balaban J connectivity index is 1.47. The molecule has 148 valence electrons. The minimum absolute atomic E-state index is 0.0257. The van der Waals surface area contributed by atoms with Gasteiger partial charge >= 0.3 is 6.03 Å². The first-order valence-corrected chi connectivity index (χ1v) is 9.33. The molecule has 0 unspecified atom stereocenters. The second kappa shape index (κ2) is 9.21. The normalized spacial score (nSPS) is 13.3. The maximum atomic E-state index is 13.5. The zero-order valence-corrected chi connectivity index (χ0v) is 15.9. The van der Waals surface area contributed by atoms with E-state index in [9.17, 15) is 14.0 Å². The number of para-hydroxylation sites is 1. The summed E-state index contributed by atoms with van der Waals surface area (Å²) in [5.41, 5.74) is 1.22. The fraction of sp³-hybridized carbons (Fsp3) is 0.333. The van der Waals surface area contributed by atoms with Crippen molar-refractivity contribution in [3.8, 4) is 5.75 Å². The predicted octanol–water partition coefficient (Wildman–Crippen LogP) is 3.60. The fourth-order valence-electron chi connectivity index (χ4n) is 2.97. The maximum Gasteiger partial charge on any atom is 0.321 e. The smallest absolute Gasteiger partial charge is 0.321 e. The highest BCUT2D eigenvalue weighted by Crippen LogP contribution is 2.16. The summed E-state index contributed by atoms with van der Waals surface area (Å²) in [6.07, 6.45) is 2.10. The van der Waals surface area contributed by atoms with Crippen molar-refractivity contribution in [2.45, 2.75) is 12.8 Å². The summed E-state index contributed by atoms with van der Waals surface area (Å²) in [5.74, 6) is -0.245. The number of benzene rings is 2. The average molecular weight is 385 g/mol. The van der Waals surface area contributed by atoms with Crippen LogP contribution in [0.4, 0.5) is 14.9 Å². The summed E-state index contributed by atoms with van der Waals surface area (Å²) >= 11 is 0. The molecule has 0 spiro atoms. The molecule has 0 aliphatic carbocycles. The summed E-state index contributed by atoms with van der Waals surface area (Å²) in [5, 5.41) is 2.77. The monoisotopic (exact) mass is 385 g/mol. The van der Waals surface area contributed by atoms with Crippen LogP contribution in [0.2, 0.25) is 0 Å². The maximum absolute atomic E-state index is 13.5. The number of nitrogens with one attached hydrogen (secondary N) is 1. The third-order valence-electron chi connectivity index (χ3n) is 4.64. The van der Waals surface area contributed by atoms with Gasteiger partial charge < -0.3 is 19.9 Å².